The van der Waals surface area contributed by atoms with Crippen molar-refractivity contribution in [1.29, 1.82) is 0 Å². The maximum absolute atomic E-state index is 13.3. The van der Waals surface area contributed by atoms with Crippen LogP contribution in [-0.2, 0) is 25.4 Å². The molecule has 0 unspecified atom stereocenters. The number of nitrogens with zero attached hydrogens (tertiary/aromatic N) is 7. The van der Waals surface area contributed by atoms with Crippen LogP contribution in [0.15, 0.2) is 77.3 Å². The Hall–Kier alpha value is -5.25. The van der Waals surface area contributed by atoms with E-state index in [0.29, 0.717) is 92.8 Å². The smallest absolute Gasteiger partial charge is 0.350 e. The summed E-state index contributed by atoms with van der Waals surface area (Å²) in [4.78, 5) is 31.1. The predicted molar refractivity (Wildman–Crippen MR) is 189 cm³/mol. The summed E-state index contributed by atoms with van der Waals surface area (Å²) in [5, 5.41) is 12.7. The number of fused-ring (bicyclic) bond motifs is 2. The second-order valence-corrected chi connectivity index (χ2v) is 14.2. The highest BCUT2D eigenvalue weighted by molar-refractivity contribution is 6.03. The summed E-state index contributed by atoms with van der Waals surface area (Å²) in [5.41, 5.74) is 0.0773. The van der Waals surface area contributed by atoms with Gasteiger partial charge in [-0.25, -0.2) is 0 Å². The molecule has 2 fully saturated rings. The van der Waals surface area contributed by atoms with Crippen LogP contribution in [-0.4, -0.2) is 86.2 Å². The molecule has 8 rings (SSSR count). The van der Waals surface area contributed by atoms with Crippen molar-refractivity contribution >= 4 is 22.7 Å². The van der Waals surface area contributed by atoms with Gasteiger partial charge in [0.15, 0.2) is 0 Å². The number of hydrogen-bond acceptors (Lipinski definition) is 7. The highest BCUT2D eigenvalue weighted by Gasteiger charge is 2.38. The van der Waals surface area contributed by atoms with Gasteiger partial charge in [0.25, 0.3) is 11.8 Å². The van der Waals surface area contributed by atoms with Crippen LogP contribution in [0.1, 0.15) is 86.8 Å². The first-order valence-electron chi connectivity index (χ1n) is 18.2. The summed E-state index contributed by atoms with van der Waals surface area (Å²) in [7, 11) is 1.99. The van der Waals surface area contributed by atoms with Crippen molar-refractivity contribution in [2.24, 2.45) is 0 Å². The number of alkyl halides is 6. The summed E-state index contributed by atoms with van der Waals surface area (Å²) < 4.78 is 86.7. The van der Waals surface area contributed by atoms with E-state index in [0.717, 1.165) is 24.5 Å². The minimum atomic E-state index is -4.37. The third-order valence-electron chi connectivity index (χ3n) is 10.7. The number of carbonyl (C=O) groups excluding carboxylic acids is 2. The molecule has 3 aliphatic rings. The van der Waals surface area contributed by atoms with Crippen LogP contribution in [0.4, 0.5) is 26.3 Å². The van der Waals surface area contributed by atoms with E-state index < -0.39 is 23.5 Å². The number of likely N-dealkylation sites (N-methyl/N-ethyl adjacent to an activating group) is 1. The summed E-state index contributed by atoms with van der Waals surface area (Å²) in [6, 6.07) is 18.6. The van der Waals surface area contributed by atoms with Crippen LogP contribution in [0, 0.1) is 0 Å². The van der Waals surface area contributed by atoms with E-state index in [1.807, 2.05) is 17.7 Å². The highest BCUT2D eigenvalue weighted by atomic mass is 19.4. The Bertz CT molecular complexity index is 2150. The Morgan fingerprint density at radius 3 is 1.73 bits per heavy atom. The van der Waals surface area contributed by atoms with Crippen LogP contribution in [0.3, 0.4) is 0 Å². The molecule has 2 amide bonds. The van der Waals surface area contributed by atoms with Crippen molar-refractivity contribution < 1.29 is 40.5 Å². The van der Waals surface area contributed by atoms with Crippen LogP contribution < -0.4 is 0 Å². The molecule has 0 atom stereocenters. The molecule has 0 radical (unpaired) electrons. The number of amides is 2. The Balaban J connectivity index is 0.000000169. The molecule has 2 aromatic heterocycles. The summed E-state index contributed by atoms with van der Waals surface area (Å²) in [6.07, 6.45) is -6.78. The van der Waals surface area contributed by atoms with Crippen molar-refractivity contribution in [2.45, 2.75) is 63.0 Å². The third-order valence-corrected chi connectivity index (χ3v) is 10.7. The molecule has 16 heteroatoms. The monoisotopic (exact) mass is 767 g/mol. The number of likely N-dealkylation sites (tertiary alicyclic amines) is 2. The Morgan fingerprint density at radius 2 is 1.16 bits per heavy atom. The van der Waals surface area contributed by atoms with Gasteiger partial charge in [-0.1, -0.05) is 53.7 Å². The maximum atomic E-state index is 13.3. The summed E-state index contributed by atoms with van der Waals surface area (Å²) in [6.45, 7) is 3.72. The number of benzene rings is 3. The molecule has 55 heavy (non-hydrogen) atoms. The number of aromatic nitrogens is 4. The zero-order valence-corrected chi connectivity index (χ0v) is 30.0. The average molecular weight is 768 g/mol. The van der Waals surface area contributed by atoms with E-state index in [1.165, 1.54) is 18.2 Å². The molecular formula is C39H39F6N7O3. The minimum absolute atomic E-state index is 0.180. The first kappa shape index (κ1) is 38.0. The standard InChI is InChI=1S/C20H17F3N2O2.C19H22F3N5O/c21-20(22,23)16-7-3-1-5-14(16)13-9-11-25(12-10-13)19(26)18-15-6-2-4-8-17(15)24-27-18;1-25-10-11-27-16(12-25)23-24-17(27)18(28)26-8-6-13(7-9-26)14-4-2-3-5-15(14)19(20,21)22/h1-8,13H,9-12H2;2-5,13H,6-12H2,1H3. The van der Waals surface area contributed by atoms with Gasteiger partial charge in [0.1, 0.15) is 11.3 Å². The lowest BCUT2D eigenvalue weighted by molar-refractivity contribution is -0.139. The molecule has 3 aliphatic heterocycles. The van der Waals surface area contributed by atoms with Crippen LogP contribution in [0.2, 0.25) is 0 Å². The molecule has 5 aromatic rings. The topological polar surface area (TPSA) is 101 Å². The van der Waals surface area contributed by atoms with Crippen molar-refractivity contribution in [1.82, 2.24) is 34.6 Å². The van der Waals surface area contributed by atoms with Crippen molar-refractivity contribution in [3.8, 4) is 0 Å². The van der Waals surface area contributed by atoms with Gasteiger partial charge in [-0.05, 0) is 80.0 Å². The fourth-order valence-corrected chi connectivity index (χ4v) is 7.77. The van der Waals surface area contributed by atoms with E-state index in [4.69, 9.17) is 4.52 Å². The zero-order valence-electron chi connectivity index (χ0n) is 30.0. The van der Waals surface area contributed by atoms with Crippen molar-refractivity contribution in [3.05, 3.63) is 112 Å². The van der Waals surface area contributed by atoms with Gasteiger partial charge in [0.05, 0.1) is 23.1 Å². The van der Waals surface area contributed by atoms with E-state index in [1.54, 1.807) is 46.2 Å². The fourth-order valence-electron chi connectivity index (χ4n) is 7.77. The van der Waals surface area contributed by atoms with Gasteiger partial charge in [-0.15, -0.1) is 10.2 Å². The summed E-state index contributed by atoms with van der Waals surface area (Å²) in [5.74, 6) is 0.390. The lowest BCUT2D eigenvalue weighted by atomic mass is 9.86. The molecule has 0 aliphatic carbocycles. The van der Waals surface area contributed by atoms with E-state index in [9.17, 15) is 35.9 Å². The normalized spacial score (nSPS) is 17.5. The number of rotatable bonds is 4. The molecule has 3 aromatic carbocycles. The van der Waals surface area contributed by atoms with Gasteiger partial charge >= 0.3 is 12.4 Å². The van der Waals surface area contributed by atoms with Gasteiger partial charge < -0.3 is 18.9 Å². The number of halogens is 6. The van der Waals surface area contributed by atoms with Crippen LogP contribution >= 0.6 is 0 Å². The van der Waals surface area contributed by atoms with Crippen molar-refractivity contribution in [3.63, 3.8) is 0 Å². The minimum Gasteiger partial charge on any atom is -0.350 e. The number of carbonyl (C=O) groups is 2. The first-order valence-corrected chi connectivity index (χ1v) is 18.2. The van der Waals surface area contributed by atoms with Gasteiger partial charge in [0, 0.05) is 39.3 Å². The number of piperidine rings is 2. The predicted octanol–water partition coefficient (Wildman–Crippen LogP) is 7.63. The van der Waals surface area contributed by atoms with Crippen LogP contribution in [0.25, 0.3) is 10.9 Å². The second kappa shape index (κ2) is 15.5. The molecule has 0 saturated carbocycles. The molecule has 290 valence electrons. The first-order chi connectivity index (χ1) is 26.3. The van der Waals surface area contributed by atoms with E-state index in [2.05, 4.69) is 20.3 Å². The van der Waals surface area contributed by atoms with E-state index >= 15 is 0 Å². The van der Waals surface area contributed by atoms with Crippen molar-refractivity contribution in [2.75, 3.05) is 39.8 Å². The molecule has 0 bridgehead atoms. The second-order valence-electron chi connectivity index (χ2n) is 14.2. The zero-order chi connectivity index (χ0) is 38.9. The maximum Gasteiger partial charge on any atom is 0.416 e. The lowest BCUT2D eigenvalue weighted by Gasteiger charge is -2.33. The average Bonchev–Trinajstić information content (AvgIpc) is 3.81. The molecule has 2 saturated heterocycles. The highest BCUT2D eigenvalue weighted by Crippen LogP contribution is 2.40. The molecule has 5 heterocycles. The quantitative estimate of drug-likeness (QED) is 0.174. The Labute approximate surface area is 312 Å². The lowest BCUT2D eigenvalue weighted by Crippen LogP contribution is -2.40. The summed E-state index contributed by atoms with van der Waals surface area (Å²) >= 11 is 0. The fraction of sp³-hybridized carbons (Fsp3) is 0.410. The molecule has 0 N–H and O–H groups in total. The van der Waals surface area contributed by atoms with Crippen LogP contribution in [0.5, 0.6) is 0 Å². The third kappa shape index (κ3) is 8.09. The Kier molecular flexibility index (Phi) is 10.7. The van der Waals surface area contributed by atoms with Gasteiger partial charge in [-0.2, -0.15) is 26.3 Å². The van der Waals surface area contributed by atoms with Gasteiger partial charge in [0.2, 0.25) is 11.6 Å². The SMILES string of the molecule is CN1CCn2c(nnc2C(=O)N2CCC(c3ccccc3C(F)(F)F)CC2)C1.O=C(c1onc2ccccc12)N1CCC(c2ccccc2C(F)(F)F)CC1. The molecule has 0 spiro atoms. The largest absolute Gasteiger partial charge is 0.416 e. The molecule has 10 nitrogen and oxygen atoms in total. The van der Waals surface area contributed by atoms with Gasteiger partial charge in [-0.3, -0.25) is 14.5 Å². The number of hydrogen-bond donors (Lipinski definition) is 0. The molecular weight excluding hydrogens is 728 g/mol. The van der Waals surface area contributed by atoms with E-state index in [-0.39, 0.29) is 29.4 Å². The Morgan fingerprint density at radius 1 is 0.655 bits per heavy atom.